The fraction of sp³-hybridized carbons (Fsp3) is 0.333. The number of hydrogen-bond acceptors (Lipinski definition) is 5. The van der Waals surface area contributed by atoms with Gasteiger partial charge in [-0.15, -0.1) is 0 Å². The third-order valence-corrected chi connectivity index (χ3v) is 3.37. The molecule has 0 saturated heterocycles. The van der Waals surface area contributed by atoms with Crippen LogP contribution in [0.25, 0.3) is 0 Å². The number of ketones is 1. The second-order valence-electron chi connectivity index (χ2n) is 5.12. The first-order valence-electron chi connectivity index (χ1n) is 6.49. The highest BCUT2D eigenvalue weighted by Crippen LogP contribution is 2.31. The molecule has 0 unspecified atom stereocenters. The molecule has 0 radical (unpaired) electrons. The molecule has 5 heteroatoms. The maximum atomic E-state index is 11.9. The van der Waals surface area contributed by atoms with Crippen molar-refractivity contribution in [2.45, 2.75) is 19.9 Å². The standard InChI is InChI=1S/C15H20N4O/c1-9-13(10(2)20)14(18-15(16)17-9)11-5-7-12(8-6-11)19(3)4/h5-8,14H,1-4H3,(H3,16,17,18)/t14-/m1/s1. The molecule has 1 aliphatic rings. The maximum absolute atomic E-state index is 11.9. The van der Waals surface area contributed by atoms with Crippen LogP contribution in [0, 0.1) is 0 Å². The van der Waals surface area contributed by atoms with Crippen LogP contribution in [0.4, 0.5) is 5.69 Å². The molecule has 0 saturated carbocycles. The fourth-order valence-electron chi connectivity index (χ4n) is 2.35. The van der Waals surface area contributed by atoms with Crippen molar-refractivity contribution in [1.82, 2.24) is 5.32 Å². The van der Waals surface area contributed by atoms with Crippen LogP contribution >= 0.6 is 0 Å². The van der Waals surface area contributed by atoms with E-state index in [9.17, 15) is 4.79 Å². The molecular formula is C15H20N4O. The van der Waals surface area contributed by atoms with E-state index in [1.165, 1.54) is 0 Å². The monoisotopic (exact) mass is 272 g/mol. The molecule has 0 bridgehead atoms. The highest BCUT2D eigenvalue weighted by molar-refractivity contribution is 5.98. The van der Waals surface area contributed by atoms with Gasteiger partial charge in [0.1, 0.15) is 6.04 Å². The van der Waals surface area contributed by atoms with Crippen molar-refractivity contribution in [3.63, 3.8) is 0 Å². The average Bonchev–Trinajstić information content (AvgIpc) is 2.37. The van der Waals surface area contributed by atoms with E-state index in [0.717, 1.165) is 16.9 Å². The predicted molar refractivity (Wildman–Crippen MR) is 81.6 cm³/mol. The minimum atomic E-state index is -0.329. The SMILES string of the molecule is CC(=O)C1=C(C)NC(N)=N[C@@H]1c1ccc(N(C)C)cc1. The lowest BCUT2D eigenvalue weighted by Crippen LogP contribution is -2.36. The third kappa shape index (κ3) is 2.66. The molecule has 0 fully saturated rings. The number of allylic oxidation sites excluding steroid dienone is 1. The van der Waals surface area contributed by atoms with Gasteiger partial charge in [0.2, 0.25) is 0 Å². The number of rotatable bonds is 3. The molecule has 0 aliphatic carbocycles. The quantitative estimate of drug-likeness (QED) is 0.876. The number of benzene rings is 1. The molecule has 0 amide bonds. The Morgan fingerprint density at radius 2 is 1.90 bits per heavy atom. The highest BCUT2D eigenvalue weighted by Gasteiger charge is 2.26. The first-order valence-corrected chi connectivity index (χ1v) is 6.49. The number of carbonyl (C=O) groups excluding carboxylic acids is 1. The number of nitrogens with zero attached hydrogens (tertiary/aromatic N) is 2. The molecular weight excluding hydrogens is 252 g/mol. The Morgan fingerprint density at radius 3 is 2.40 bits per heavy atom. The zero-order valence-corrected chi connectivity index (χ0v) is 12.3. The van der Waals surface area contributed by atoms with Crippen LogP contribution in [-0.4, -0.2) is 25.8 Å². The van der Waals surface area contributed by atoms with Crippen LogP contribution in [0.15, 0.2) is 40.5 Å². The Hall–Kier alpha value is -2.30. The molecule has 0 spiro atoms. The van der Waals surface area contributed by atoms with Crippen LogP contribution in [-0.2, 0) is 4.79 Å². The van der Waals surface area contributed by atoms with E-state index in [1.54, 1.807) is 6.92 Å². The molecule has 1 aromatic rings. The number of guanidine groups is 1. The van der Waals surface area contributed by atoms with Gasteiger partial charge in [-0.1, -0.05) is 12.1 Å². The van der Waals surface area contributed by atoms with Crippen molar-refractivity contribution < 1.29 is 4.79 Å². The molecule has 1 aliphatic heterocycles. The van der Waals surface area contributed by atoms with Gasteiger partial charge < -0.3 is 16.0 Å². The van der Waals surface area contributed by atoms with Gasteiger partial charge in [-0.05, 0) is 31.5 Å². The second kappa shape index (κ2) is 5.36. The number of Topliss-reactive ketones (excluding diaryl/α,β-unsaturated/α-hetero) is 1. The Bertz CT molecular complexity index is 584. The summed E-state index contributed by atoms with van der Waals surface area (Å²) in [5.74, 6) is 0.349. The zero-order valence-electron chi connectivity index (χ0n) is 12.3. The van der Waals surface area contributed by atoms with Gasteiger partial charge in [0.25, 0.3) is 0 Å². The number of aliphatic imine (C=N–C) groups is 1. The van der Waals surface area contributed by atoms with Gasteiger partial charge in [-0.3, -0.25) is 4.79 Å². The van der Waals surface area contributed by atoms with Crippen LogP contribution < -0.4 is 16.0 Å². The Balaban J connectivity index is 2.42. The lowest BCUT2D eigenvalue weighted by atomic mass is 9.93. The van der Waals surface area contributed by atoms with Gasteiger partial charge in [0.15, 0.2) is 11.7 Å². The van der Waals surface area contributed by atoms with Crippen molar-refractivity contribution in [3.05, 3.63) is 41.1 Å². The van der Waals surface area contributed by atoms with Gasteiger partial charge in [-0.25, -0.2) is 4.99 Å². The van der Waals surface area contributed by atoms with Crippen molar-refractivity contribution in [2.75, 3.05) is 19.0 Å². The predicted octanol–water partition coefficient (Wildman–Crippen LogP) is 1.57. The Labute approximate surface area is 119 Å². The molecule has 1 heterocycles. The van der Waals surface area contributed by atoms with Crippen LogP contribution in [0.1, 0.15) is 25.5 Å². The molecule has 1 aromatic carbocycles. The largest absolute Gasteiger partial charge is 0.378 e. The lowest BCUT2D eigenvalue weighted by molar-refractivity contribution is -0.113. The first-order chi connectivity index (χ1) is 9.40. The van der Waals surface area contributed by atoms with Crippen molar-refractivity contribution in [1.29, 1.82) is 0 Å². The third-order valence-electron chi connectivity index (χ3n) is 3.37. The number of carbonyl (C=O) groups is 1. The van der Waals surface area contributed by atoms with Gasteiger partial charge >= 0.3 is 0 Å². The van der Waals surface area contributed by atoms with Crippen LogP contribution in [0.3, 0.4) is 0 Å². The average molecular weight is 272 g/mol. The Morgan fingerprint density at radius 1 is 1.30 bits per heavy atom. The summed E-state index contributed by atoms with van der Waals surface area (Å²) in [5.41, 5.74) is 9.28. The van der Waals surface area contributed by atoms with E-state index in [4.69, 9.17) is 5.73 Å². The van der Waals surface area contributed by atoms with E-state index in [1.807, 2.05) is 50.2 Å². The van der Waals surface area contributed by atoms with Crippen LogP contribution in [0.2, 0.25) is 0 Å². The summed E-state index contributed by atoms with van der Waals surface area (Å²) in [6, 6.07) is 7.66. The molecule has 20 heavy (non-hydrogen) atoms. The second-order valence-corrected chi connectivity index (χ2v) is 5.12. The summed E-state index contributed by atoms with van der Waals surface area (Å²) >= 11 is 0. The smallest absolute Gasteiger partial charge is 0.193 e. The summed E-state index contributed by atoms with van der Waals surface area (Å²) in [5, 5.41) is 2.92. The summed E-state index contributed by atoms with van der Waals surface area (Å²) in [4.78, 5) is 18.3. The van der Waals surface area contributed by atoms with E-state index in [0.29, 0.717) is 11.5 Å². The summed E-state index contributed by atoms with van der Waals surface area (Å²) in [6.07, 6.45) is 0. The highest BCUT2D eigenvalue weighted by atomic mass is 16.1. The van der Waals surface area contributed by atoms with Gasteiger partial charge in [-0.2, -0.15) is 0 Å². The first kappa shape index (κ1) is 14.1. The van der Waals surface area contributed by atoms with Gasteiger partial charge in [0, 0.05) is 31.1 Å². The van der Waals surface area contributed by atoms with E-state index < -0.39 is 0 Å². The van der Waals surface area contributed by atoms with Crippen LogP contribution in [0.5, 0.6) is 0 Å². The molecule has 0 aromatic heterocycles. The van der Waals surface area contributed by atoms with Crippen molar-refractivity contribution in [2.24, 2.45) is 10.7 Å². The lowest BCUT2D eigenvalue weighted by Gasteiger charge is -2.24. The maximum Gasteiger partial charge on any atom is 0.193 e. The number of nitrogens with two attached hydrogens (primary N) is 1. The van der Waals surface area contributed by atoms with Crippen molar-refractivity contribution >= 4 is 17.4 Å². The summed E-state index contributed by atoms with van der Waals surface area (Å²) in [6.45, 7) is 3.40. The number of hydrogen-bond donors (Lipinski definition) is 2. The Kier molecular flexibility index (Phi) is 3.79. The summed E-state index contributed by atoms with van der Waals surface area (Å²) in [7, 11) is 3.97. The molecule has 5 nitrogen and oxygen atoms in total. The van der Waals surface area contributed by atoms with E-state index >= 15 is 0 Å². The van der Waals surface area contributed by atoms with E-state index in [-0.39, 0.29) is 11.8 Å². The molecule has 3 N–H and O–H groups in total. The molecule has 2 rings (SSSR count). The molecule has 1 atom stereocenters. The van der Waals surface area contributed by atoms with E-state index in [2.05, 4.69) is 10.3 Å². The topological polar surface area (TPSA) is 70.7 Å². The minimum Gasteiger partial charge on any atom is -0.378 e. The normalized spacial score (nSPS) is 18.4. The van der Waals surface area contributed by atoms with Gasteiger partial charge in [0.05, 0.1) is 0 Å². The zero-order chi connectivity index (χ0) is 14.9. The van der Waals surface area contributed by atoms with Crippen molar-refractivity contribution in [3.8, 4) is 0 Å². The molecule has 106 valence electrons. The number of anilines is 1. The summed E-state index contributed by atoms with van der Waals surface area (Å²) < 4.78 is 0. The number of nitrogens with one attached hydrogen (secondary N) is 1. The minimum absolute atomic E-state index is 0.00735. The fourth-order valence-corrected chi connectivity index (χ4v) is 2.35.